The predicted octanol–water partition coefficient (Wildman–Crippen LogP) is 1.82. The Hall–Kier alpha value is -2.17. The lowest BCUT2D eigenvalue weighted by atomic mass is 10.1. The molecule has 0 amide bonds. The molecular formula is C13H15NO4. The molecule has 0 bridgehead atoms. The summed E-state index contributed by atoms with van der Waals surface area (Å²) in [4.78, 5) is 10.9. The molecule has 1 aromatic carbocycles. The second-order valence-electron chi connectivity index (χ2n) is 4.06. The quantitative estimate of drug-likeness (QED) is 0.897. The molecule has 96 valence electrons. The van der Waals surface area contributed by atoms with Crippen LogP contribution >= 0.6 is 0 Å². The van der Waals surface area contributed by atoms with Gasteiger partial charge >= 0.3 is 5.97 Å². The summed E-state index contributed by atoms with van der Waals surface area (Å²) in [6, 6.07) is 3.61. The number of aliphatic carboxylic acids is 1. The van der Waals surface area contributed by atoms with E-state index in [1.165, 1.54) is 0 Å². The summed E-state index contributed by atoms with van der Waals surface area (Å²) in [6.45, 7) is 0. The van der Waals surface area contributed by atoms with Gasteiger partial charge in [-0.15, -0.1) is 0 Å². The fourth-order valence-electron chi connectivity index (χ4n) is 2.14. The number of rotatable bonds is 4. The number of carbonyl (C=O) groups is 1. The van der Waals surface area contributed by atoms with Gasteiger partial charge in [0.05, 0.1) is 26.2 Å². The molecule has 5 nitrogen and oxygen atoms in total. The van der Waals surface area contributed by atoms with E-state index in [9.17, 15) is 4.79 Å². The molecule has 18 heavy (non-hydrogen) atoms. The van der Waals surface area contributed by atoms with Crippen LogP contribution in [0.3, 0.4) is 0 Å². The van der Waals surface area contributed by atoms with E-state index >= 15 is 0 Å². The van der Waals surface area contributed by atoms with Gasteiger partial charge in [0.15, 0.2) is 0 Å². The van der Waals surface area contributed by atoms with Crippen molar-refractivity contribution in [2.24, 2.45) is 7.05 Å². The Morgan fingerprint density at radius 3 is 2.61 bits per heavy atom. The van der Waals surface area contributed by atoms with Crippen molar-refractivity contribution in [3.63, 3.8) is 0 Å². The van der Waals surface area contributed by atoms with Crippen LogP contribution in [0.2, 0.25) is 0 Å². The Balaban J connectivity index is 2.71. The molecular weight excluding hydrogens is 234 g/mol. The van der Waals surface area contributed by atoms with Crippen LogP contribution in [-0.4, -0.2) is 29.9 Å². The van der Waals surface area contributed by atoms with Gasteiger partial charge in [-0.2, -0.15) is 0 Å². The van der Waals surface area contributed by atoms with Crippen LogP contribution in [0.15, 0.2) is 18.3 Å². The van der Waals surface area contributed by atoms with Gasteiger partial charge < -0.3 is 19.1 Å². The van der Waals surface area contributed by atoms with Crippen molar-refractivity contribution in [3.8, 4) is 11.5 Å². The molecule has 2 aromatic rings. The van der Waals surface area contributed by atoms with Gasteiger partial charge in [-0.05, 0) is 11.6 Å². The second kappa shape index (κ2) is 4.60. The zero-order valence-corrected chi connectivity index (χ0v) is 10.6. The summed E-state index contributed by atoms with van der Waals surface area (Å²) in [7, 11) is 5.02. The topological polar surface area (TPSA) is 60.7 Å². The third-order valence-corrected chi connectivity index (χ3v) is 2.89. The third-order valence-electron chi connectivity index (χ3n) is 2.89. The zero-order chi connectivity index (χ0) is 13.3. The van der Waals surface area contributed by atoms with Crippen LogP contribution in [-0.2, 0) is 18.3 Å². The molecule has 0 fully saturated rings. The van der Waals surface area contributed by atoms with Crippen molar-refractivity contribution in [2.75, 3.05) is 14.2 Å². The Labute approximate surface area is 105 Å². The zero-order valence-electron chi connectivity index (χ0n) is 10.6. The third kappa shape index (κ3) is 1.99. The van der Waals surface area contributed by atoms with Gasteiger partial charge in [0.1, 0.15) is 11.5 Å². The maximum Gasteiger partial charge on any atom is 0.307 e. The first-order valence-electron chi connectivity index (χ1n) is 5.48. The Morgan fingerprint density at radius 1 is 1.33 bits per heavy atom. The molecule has 1 N–H and O–H groups in total. The molecule has 2 rings (SSSR count). The number of carboxylic acids is 1. The molecule has 0 saturated carbocycles. The minimum absolute atomic E-state index is 0.0202. The maximum absolute atomic E-state index is 10.9. The van der Waals surface area contributed by atoms with Crippen molar-refractivity contribution in [1.29, 1.82) is 0 Å². The Bertz CT molecular complexity index is 601. The van der Waals surface area contributed by atoms with Gasteiger partial charge in [-0.3, -0.25) is 4.79 Å². The molecule has 1 aromatic heterocycles. The number of fused-ring (bicyclic) bond motifs is 1. The lowest BCUT2D eigenvalue weighted by Gasteiger charge is -2.08. The molecule has 0 spiro atoms. The summed E-state index contributed by atoms with van der Waals surface area (Å²) in [6.07, 6.45) is 1.79. The standard InChI is InChI=1S/C13H15NO4/c1-14-7-8(4-12(15)16)10-5-9(17-2)6-11(18-3)13(10)14/h5-7H,4H2,1-3H3,(H,15,16). The molecule has 0 radical (unpaired) electrons. The van der Waals surface area contributed by atoms with Crippen LogP contribution < -0.4 is 9.47 Å². The number of methoxy groups -OCH3 is 2. The minimum Gasteiger partial charge on any atom is -0.497 e. The van der Waals surface area contributed by atoms with Crippen molar-refractivity contribution >= 4 is 16.9 Å². The molecule has 0 aliphatic carbocycles. The number of benzene rings is 1. The Morgan fingerprint density at radius 2 is 2.06 bits per heavy atom. The first-order chi connectivity index (χ1) is 8.56. The van der Waals surface area contributed by atoms with E-state index in [1.54, 1.807) is 26.5 Å². The van der Waals surface area contributed by atoms with Crippen LogP contribution in [0.5, 0.6) is 11.5 Å². The number of aromatic nitrogens is 1. The highest BCUT2D eigenvalue weighted by molar-refractivity contribution is 5.92. The molecule has 0 atom stereocenters. The highest BCUT2D eigenvalue weighted by Crippen LogP contribution is 2.34. The number of hydrogen-bond acceptors (Lipinski definition) is 3. The summed E-state index contributed by atoms with van der Waals surface area (Å²) >= 11 is 0. The van der Waals surface area contributed by atoms with E-state index in [1.807, 2.05) is 17.7 Å². The maximum atomic E-state index is 10.9. The van der Waals surface area contributed by atoms with Crippen molar-refractivity contribution in [2.45, 2.75) is 6.42 Å². The highest BCUT2D eigenvalue weighted by Gasteiger charge is 2.15. The smallest absolute Gasteiger partial charge is 0.307 e. The molecule has 0 aliphatic rings. The molecule has 0 unspecified atom stereocenters. The van der Waals surface area contributed by atoms with Gasteiger partial charge in [0.25, 0.3) is 0 Å². The average Bonchev–Trinajstić information content (AvgIpc) is 2.64. The van der Waals surface area contributed by atoms with E-state index in [-0.39, 0.29) is 6.42 Å². The van der Waals surface area contributed by atoms with Crippen molar-refractivity contribution in [1.82, 2.24) is 4.57 Å². The van der Waals surface area contributed by atoms with Gasteiger partial charge in [-0.25, -0.2) is 0 Å². The summed E-state index contributed by atoms with van der Waals surface area (Å²) in [5.41, 5.74) is 1.62. The van der Waals surface area contributed by atoms with Crippen LogP contribution in [0.25, 0.3) is 10.9 Å². The first kappa shape index (κ1) is 12.3. The van der Waals surface area contributed by atoms with Gasteiger partial charge in [0.2, 0.25) is 0 Å². The summed E-state index contributed by atoms with van der Waals surface area (Å²) in [5.74, 6) is 0.463. The fourth-order valence-corrected chi connectivity index (χ4v) is 2.14. The lowest BCUT2D eigenvalue weighted by Crippen LogP contribution is -1.99. The van der Waals surface area contributed by atoms with E-state index in [0.717, 1.165) is 16.5 Å². The first-order valence-corrected chi connectivity index (χ1v) is 5.48. The molecule has 0 saturated heterocycles. The number of ether oxygens (including phenoxy) is 2. The van der Waals surface area contributed by atoms with Crippen LogP contribution in [0, 0.1) is 0 Å². The van der Waals surface area contributed by atoms with Gasteiger partial charge in [-0.1, -0.05) is 0 Å². The summed E-state index contributed by atoms with van der Waals surface area (Å²) < 4.78 is 12.4. The molecule has 0 aliphatic heterocycles. The van der Waals surface area contributed by atoms with Crippen LogP contribution in [0.1, 0.15) is 5.56 Å². The largest absolute Gasteiger partial charge is 0.497 e. The van der Waals surface area contributed by atoms with E-state index in [2.05, 4.69) is 0 Å². The lowest BCUT2D eigenvalue weighted by molar-refractivity contribution is -0.136. The highest BCUT2D eigenvalue weighted by atomic mass is 16.5. The van der Waals surface area contributed by atoms with E-state index in [0.29, 0.717) is 11.5 Å². The SMILES string of the molecule is COc1cc(OC)c2c(c1)c(CC(=O)O)cn2C. The number of nitrogens with zero attached hydrogens (tertiary/aromatic N) is 1. The second-order valence-corrected chi connectivity index (χ2v) is 4.06. The Kier molecular flexibility index (Phi) is 3.14. The number of aryl methyl sites for hydroxylation is 1. The number of hydrogen-bond donors (Lipinski definition) is 1. The average molecular weight is 249 g/mol. The summed E-state index contributed by atoms with van der Waals surface area (Å²) in [5, 5.41) is 9.76. The predicted molar refractivity (Wildman–Crippen MR) is 67.4 cm³/mol. The van der Waals surface area contributed by atoms with Crippen molar-refractivity contribution in [3.05, 3.63) is 23.9 Å². The fraction of sp³-hybridized carbons (Fsp3) is 0.308. The number of carboxylic acid groups (broad SMARTS) is 1. The monoisotopic (exact) mass is 249 g/mol. The normalized spacial score (nSPS) is 10.6. The molecule has 1 heterocycles. The van der Waals surface area contributed by atoms with Crippen molar-refractivity contribution < 1.29 is 19.4 Å². The van der Waals surface area contributed by atoms with Gasteiger partial charge in [0, 0.05) is 24.7 Å². The minimum atomic E-state index is -0.857. The van der Waals surface area contributed by atoms with E-state index < -0.39 is 5.97 Å². The van der Waals surface area contributed by atoms with E-state index in [4.69, 9.17) is 14.6 Å². The van der Waals surface area contributed by atoms with Crippen LogP contribution in [0.4, 0.5) is 0 Å². The molecule has 5 heteroatoms.